The molecule has 4 rings (SSSR count). The van der Waals surface area contributed by atoms with E-state index in [-0.39, 0.29) is 0 Å². The van der Waals surface area contributed by atoms with Gasteiger partial charge in [-0.15, -0.1) is 0 Å². The van der Waals surface area contributed by atoms with Crippen molar-refractivity contribution in [2.75, 3.05) is 31.1 Å². The molecule has 1 saturated heterocycles. The first kappa shape index (κ1) is 13.1. The fourth-order valence-electron chi connectivity index (χ4n) is 3.84. The summed E-state index contributed by atoms with van der Waals surface area (Å²) in [5.74, 6) is 1.09. The Labute approximate surface area is 125 Å². The number of anilines is 1. The summed E-state index contributed by atoms with van der Waals surface area (Å²) < 4.78 is 1.95. The fraction of sp³-hybridized carbons (Fsp3) is 0.625. The van der Waals surface area contributed by atoms with Crippen molar-refractivity contribution in [3.63, 3.8) is 0 Å². The standard InChI is InChI=1S/C16H23N5/c1-13-12-15-16(17-6-7-21(15)18-13)20-10-8-19(9-11-20)14-4-2-3-5-14/h6-7,12,14H,2-5,8-11H2,1H3. The van der Waals surface area contributed by atoms with E-state index in [9.17, 15) is 0 Å². The maximum absolute atomic E-state index is 4.61. The Morgan fingerprint density at radius 1 is 1.10 bits per heavy atom. The smallest absolute Gasteiger partial charge is 0.154 e. The predicted octanol–water partition coefficient (Wildman–Crippen LogP) is 2.10. The van der Waals surface area contributed by atoms with Gasteiger partial charge in [-0.1, -0.05) is 12.8 Å². The zero-order valence-corrected chi connectivity index (χ0v) is 12.7. The molecule has 5 nitrogen and oxygen atoms in total. The van der Waals surface area contributed by atoms with Crippen molar-refractivity contribution in [1.82, 2.24) is 19.5 Å². The summed E-state index contributed by atoms with van der Waals surface area (Å²) in [6, 6.07) is 2.97. The second kappa shape index (κ2) is 5.30. The number of aromatic nitrogens is 3. The molecule has 2 aromatic heterocycles. The third-order valence-corrected chi connectivity index (χ3v) is 4.95. The maximum Gasteiger partial charge on any atom is 0.154 e. The highest BCUT2D eigenvalue weighted by molar-refractivity contribution is 5.69. The van der Waals surface area contributed by atoms with Crippen LogP contribution in [0.3, 0.4) is 0 Å². The normalized spacial score (nSPS) is 21.5. The molecule has 0 N–H and O–H groups in total. The molecule has 1 aliphatic carbocycles. The lowest BCUT2D eigenvalue weighted by Crippen LogP contribution is -2.50. The summed E-state index contributed by atoms with van der Waals surface area (Å²) >= 11 is 0. The van der Waals surface area contributed by atoms with Crippen LogP contribution >= 0.6 is 0 Å². The van der Waals surface area contributed by atoms with E-state index in [4.69, 9.17) is 0 Å². The van der Waals surface area contributed by atoms with Crippen LogP contribution in [-0.4, -0.2) is 51.7 Å². The minimum absolute atomic E-state index is 0.841. The van der Waals surface area contributed by atoms with Gasteiger partial charge in [0.15, 0.2) is 5.82 Å². The van der Waals surface area contributed by atoms with Crippen LogP contribution in [-0.2, 0) is 0 Å². The minimum Gasteiger partial charge on any atom is -0.352 e. The largest absolute Gasteiger partial charge is 0.352 e. The van der Waals surface area contributed by atoms with Gasteiger partial charge in [-0.05, 0) is 25.8 Å². The number of rotatable bonds is 2. The number of piperazine rings is 1. The van der Waals surface area contributed by atoms with E-state index in [1.165, 1.54) is 38.8 Å². The van der Waals surface area contributed by atoms with Crippen molar-refractivity contribution < 1.29 is 0 Å². The summed E-state index contributed by atoms with van der Waals surface area (Å²) in [5, 5.41) is 4.49. The zero-order valence-electron chi connectivity index (χ0n) is 12.7. The Balaban J connectivity index is 1.52. The predicted molar refractivity (Wildman–Crippen MR) is 83.8 cm³/mol. The first-order valence-electron chi connectivity index (χ1n) is 8.11. The van der Waals surface area contributed by atoms with E-state index >= 15 is 0 Å². The van der Waals surface area contributed by atoms with Crippen LogP contribution in [0.1, 0.15) is 31.4 Å². The number of hydrogen-bond donors (Lipinski definition) is 0. The van der Waals surface area contributed by atoms with Gasteiger partial charge in [0.25, 0.3) is 0 Å². The SMILES string of the molecule is Cc1cc2c(N3CCN(C4CCCC4)CC3)nccn2n1. The average molecular weight is 285 g/mol. The molecular weight excluding hydrogens is 262 g/mol. The van der Waals surface area contributed by atoms with Crippen LogP contribution < -0.4 is 4.90 Å². The van der Waals surface area contributed by atoms with Gasteiger partial charge in [-0.25, -0.2) is 9.50 Å². The van der Waals surface area contributed by atoms with Crippen molar-refractivity contribution in [3.8, 4) is 0 Å². The molecular formula is C16H23N5. The molecule has 3 heterocycles. The fourth-order valence-corrected chi connectivity index (χ4v) is 3.84. The molecule has 2 aromatic rings. The summed E-state index contributed by atoms with van der Waals surface area (Å²) in [6.07, 6.45) is 9.42. The Bertz CT molecular complexity index is 621. The molecule has 21 heavy (non-hydrogen) atoms. The van der Waals surface area contributed by atoms with Crippen LogP contribution in [0.2, 0.25) is 0 Å². The molecule has 0 unspecified atom stereocenters. The molecule has 1 saturated carbocycles. The highest BCUT2D eigenvalue weighted by Gasteiger charge is 2.27. The molecule has 0 radical (unpaired) electrons. The molecule has 0 atom stereocenters. The summed E-state index contributed by atoms with van der Waals surface area (Å²) in [6.45, 7) is 6.52. The lowest BCUT2D eigenvalue weighted by Gasteiger charge is -2.38. The van der Waals surface area contributed by atoms with Crippen LogP contribution in [0.15, 0.2) is 18.5 Å². The van der Waals surface area contributed by atoms with E-state index in [0.717, 1.165) is 36.2 Å². The van der Waals surface area contributed by atoms with E-state index in [2.05, 4.69) is 25.9 Å². The van der Waals surface area contributed by atoms with Crippen LogP contribution in [0.5, 0.6) is 0 Å². The third-order valence-electron chi connectivity index (χ3n) is 4.95. The molecule has 0 amide bonds. The second-order valence-corrected chi connectivity index (χ2v) is 6.33. The van der Waals surface area contributed by atoms with Gasteiger partial charge in [0.1, 0.15) is 5.52 Å². The molecule has 0 bridgehead atoms. The van der Waals surface area contributed by atoms with Crippen molar-refractivity contribution in [3.05, 3.63) is 24.2 Å². The lowest BCUT2D eigenvalue weighted by molar-refractivity contribution is 0.187. The summed E-state index contributed by atoms with van der Waals surface area (Å²) in [5.41, 5.74) is 2.18. The van der Waals surface area contributed by atoms with Crippen molar-refractivity contribution in [2.45, 2.75) is 38.6 Å². The highest BCUT2D eigenvalue weighted by Crippen LogP contribution is 2.26. The summed E-state index contributed by atoms with van der Waals surface area (Å²) in [4.78, 5) is 9.72. The molecule has 0 aromatic carbocycles. The summed E-state index contributed by atoms with van der Waals surface area (Å²) in [7, 11) is 0. The van der Waals surface area contributed by atoms with Crippen LogP contribution in [0.25, 0.3) is 5.52 Å². The van der Waals surface area contributed by atoms with E-state index in [1.807, 2.05) is 23.8 Å². The molecule has 112 valence electrons. The van der Waals surface area contributed by atoms with E-state index in [0.29, 0.717) is 0 Å². The second-order valence-electron chi connectivity index (χ2n) is 6.33. The molecule has 1 aliphatic heterocycles. The van der Waals surface area contributed by atoms with Gasteiger partial charge in [0.2, 0.25) is 0 Å². The lowest BCUT2D eigenvalue weighted by atomic mass is 10.2. The van der Waals surface area contributed by atoms with Crippen molar-refractivity contribution >= 4 is 11.3 Å². The van der Waals surface area contributed by atoms with Gasteiger partial charge >= 0.3 is 0 Å². The molecule has 2 aliphatic rings. The monoisotopic (exact) mass is 285 g/mol. The first-order chi connectivity index (χ1) is 10.3. The van der Waals surface area contributed by atoms with Crippen LogP contribution in [0.4, 0.5) is 5.82 Å². The molecule has 0 spiro atoms. The van der Waals surface area contributed by atoms with Gasteiger partial charge in [-0.3, -0.25) is 4.90 Å². The Kier molecular flexibility index (Phi) is 3.30. The Morgan fingerprint density at radius 3 is 2.62 bits per heavy atom. The minimum atomic E-state index is 0.841. The van der Waals surface area contributed by atoms with Crippen LogP contribution in [0, 0.1) is 6.92 Å². The van der Waals surface area contributed by atoms with Gasteiger partial charge in [-0.2, -0.15) is 5.10 Å². The van der Waals surface area contributed by atoms with Crippen molar-refractivity contribution in [1.29, 1.82) is 0 Å². The van der Waals surface area contributed by atoms with Gasteiger partial charge in [0.05, 0.1) is 5.69 Å². The topological polar surface area (TPSA) is 36.7 Å². The third kappa shape index (κ3) is 2.39. The number of nitrogens with zero attached hydrogens (tertiary/aromatic N) is 5. The highest BCUT2D eigenvalue weighted by atomic mass is 15.3. The molecule has 5 heteroatoms. The quantitative estimate of drug-likeness (QED) is 0.847. The number of aryl methyl sites for hydroxylation is 1. The Hall–Kier alpha value is -1.62. The van der Waals surface area contributed by atoms with Gasteiger partial charge in [0, 0.05) is 44.6 Å². The maximum atomic E-state index is 4.61. The molecule has 2 fully saturated rings. The van der Waals surface area contributed by atoms with Gasteiger partial charge < -0.3 is 4.90 Å². The average Bonchev–Trinajstić information content (AvgIpc) is 3.15. The first-order valence-corrected chi connectivity index (χ1v) is 8.11. The number of fused-ring (bicyclic) bond motifs is 1. The van der Waals surface area contributed by atoms with Crippen molar-refractivity contribution in [2.24, 2.45) is 0 Å². The van der Waals surface area contributed by atoms with E-state index in [1.54, 1.807) is 0 Å². The zero-order chi connectivity index (χ0) is 14.2. The number of hydrogen-bond acceptors (Lipinski definition) is 4. The van der Waals surface area contributed by atoms with E-state index < -0.39 is 0 Å². The Morgan fingerprint density at radius 2 is 1.86 bits per heavy atom.